The molecule has 2 fully saturated rings. The molecule has 1 aliphatic carbocycles. The van der Waals surface area contributed by atoms with Crippen LogP contribution < -0.4 is 0 Å². The van der Waals surface area contributed by atoms with Crippen molar-refractivity contribution in [3.05, 3.63) is 0 Å². The summed E-state index contributed by atoms with van der Waals surface area (Å²) >= 11 is 0. The van der Waals surface area contributed by atoms with Crippen molar-refractivity contribution in [1.82, 2.24) is 4.90 Å². The first-order valence-corrected chi connectivity index (χ1v) is 6.98. The van der Waals surface area contributed by atoms with Gasteiger partial charge in [0.1, 0.15) is 0 Å². The summed E-state index contributed by atoms with van der Waals surface area (Å²) in [5, 5.41) is 9.05. The lowest BCUT2D eigenvalue weighted by atomic mass is 9.80. The Labute approximate surface area is 99.6 Å². The lowest BCUT2D eigenvalue weighted by Gasteiger charge is -2.42. The lowest BCUT2D eigenvalue weighted by Crippen LogP contribution is -2.47. The van der Waals surface area contributed by atoms with Crippen LogP contribution in [0.15, 0.2) is 0 Å². The quantitative estimate of drug-likeness (QED) is 0.714. The molecule has 0 aromatic heterocycles. The Kier molecular flexibility index (Phi) is 4.23. The van der Waals surface area contributed by atoms with Crippen LogP contribution in [-0.2, 0) is 0 Å². The van der Waals surface area contributed by atoms with E-state index in [4.69, 9.17) is 5.26 Å². The molecule has 0 aromatic rings. The minimum atomic E-state index is 0.299. The van der Waals surface area contributed by atoms with Crippen LogP contribution in [0, 0.1) is 23.2 Å². The highest BCUT2D eigenvalue weighted by Gasteiger charge is 2.31. The smallest absolute Gasteiger partial charge is 0.0669 e. The normalized spacial score (nSPS) is 36.9. The van der Waals surface area contributed by atoms with Crippen molar-refractivity contribution in [2.45, 2.75) is 57.9 Å². The molecule has 1 saturated carbocycles. The number of likely N-dealkylation sites (tertiary alicyclic amines) is 1. The maximum Gasteiger partial charge on any atom is 0.0669 e. The molecule has 1 aliphatic heterocycles. The highest BCUT2D eigenvalue weighted by Crippen LogP contribution is 2.32. The Balaban J connectivity index is 1.96. The summed E-state index contributed by atoms with van der Waals surface area (Å²) in [5.41, 5.74) is 0. The van der Waals surface area contributed by atoms with Crippen molar-refractivity contribution in [3.8, 4) is 6.07 Å². The van der Waals surface area contributed by atoms with Crippen LogP contribution >= 0.6 is 0 Å². The molecule has 2 rings (SSSR count). The summed E-state index contributed by atoms with van der Waals surface area (Å²) < 4.78 is 0. The van der Waals surface area contributed by atoms with Crippen molar-refractivity contribution >= 4 is 0 Å². The number of rotatable bonds is 2. The lowest BCUT2D eigenvalue weighted by molar-refractivity contribution is 0.0705. The molecule has 3 unspecified atom stereocenters. The SMILES string of the molecule is CCC1CCCCC1N1CCCC(C#N)C1. The van der Waals surface area contributed by atoms with Crippen LogP contribution in [0.4, 0.5) is 0 Å². The van der Waals surface area contributed by atoms with Gasteiger partial charge in [-0.05, 0) is 38.1 Å². The second-order valence-corrected chi connectivity index (χ2v) is 5.48. The summed E-state index contributed by atoms with van der Waals surface area (Å²) in [4.78, 5) is 2.63. The number of nitrogens with zero attached hydrogens (tertiary/aromatic N) is 2. The van der Waals surface area contributed by atoms with Crippen molar-refractivity contribution in [1.29, 1.82) is 5.26 Å². The van der Waals surface area contributed by atoms with Gasteiger partial charge in [-0.15, -0.1) is 0 Å². The van der Waals surface area contributed by atoms with Gasteiger partial charge in [-0.2, -0.15) is 5.26 Å². The standard InChI is InChI=1S/C14H24N2/c1-2-13-7-3-4-8-14(13)16-9-5-6-12(10-15)11-16/h12-14H,2-9,11H2,1H3. The molecule has 0 N–H and O–H groups in total. The number of hydrogen-bond acceptors (Lipinski definition) is 2. The zero-order chi connectivity index (χ0) is 11.4. The fourth-order valence-electron chi connectivity index (χ4n) is 3.56. The molecule has 2 nitrogen and oxygen atoms in total. The van der Waals surface area contributed by atoms with Gasteiger partial charge in [-0.3, -0.25) is 4.90 Å². The predicted octanol–water partition coefficient (Wildman–Crippen LogP) is 3.19. The van der Waals surface area contributed by atoms with Gasteiger partial charge in [0.25, 0.3) is 0 Å². The van der Waals surface area contributed by atoms with Gasteiger partial charge < -0.3 is 0 Å². The Morgan fingerprint density at radius 3 is 2.75 bits per heavy atom. The molecule has 2 heteroatoms. The molecule has 2 aliphatic rings. The van der Waals surface area contributed by atoms with Gasteiger partial charge in [-0.25, -0.2) is 0 Å². The fraction of sp³-hybridized carbons (Fsp3) is 0.929. The number of nitriles is 1. The fourth-order valence-corrected chi connectivity index (χ4v) is 3.56. The van der Waals surface area contributed by atoms with Crippen LogP contribution in [0.1, 0.15) is 51.9 Å². The van der Waals surface area contributed by atoms with Gasteiger partial charge >= 0.3 is 0 Å². The van der Waals surface area contributed by atoms with Gasteiger partial charge in [0.05, 0.1) is 12.0 Å². The molecule has 3 atom stereocenters. The molecule has 0 bridgehead atoms. The highest BCUT2D eigenvalue weighted by molar-refractivity contribution is 4.92. The minimum Gasteiger partial charge on any atom is -0.299 e. The molecular weight excluding hydrogens is 196 g/mol. The maximum atomic E-state index is 9.05. The van der Waals surface area contributed by atoms with Crippen molar-refractivity contribution in [2.24, 2.45) is 11.8 Å². The summed E-state index contributed by atoms with van der Waals surface area (Å²) in [5.74, 6) is 1.19. The van der Waals surface area contributed by atoms with Crippen LogP contribution in [0.3, 0.4) is 0 Å². The Morgan fingerprint density at radius 1 is 1.19 bits per heavy atom. The van der Waals surface area contributed by atoms with Gasteiger partial charge in [-0.1, -0.05) is 26.2 Å². The first-order chi connectivity index (χ1) is 7.85. The van der Waals surface area contributed by atoms with Gasteiger partial charge in [0.15, 0.2) is 0 Å². The zero-order valence-corrected chi connectivity index (χ0v) is 10.5. The molecule has 1 heterocycles. The third-order valence-electron chi connectivity index (χ3n) is 4.50. The topological polar surface area (TPSA) is 27.0 Å². The zero-order valence-electron chi connectivity index (χ0n) is 10.5. The summed E-state index contributed by atoms with van der Waals surface area (Å²) in [6.45, 7) is 4.60. The summed E-state index contributed by atoms with van der Waals surface area (Å²) in [7, 11) is 0. The number of hydrogen-bond donors (Lipinski definition) is 0. The monoisotopic (exact) mass is 220 g/mol. The van der Waals surface area contributed by atoms with E-state index in [1.807, 2.05) is 0 Å². The molecule has 0 spiro atoms. The highest BCUT2D eigenvalue weighted by atomic mass is 15.2. The average Bonchev–Trinajstić information content (AvgIpc) is 2.38. The minimum absolute atomic E-state index is 0.299. The van der Waals surface area contributed by atoms with Crippen LogP contribution in [-0.4, -0.2) is 24.0 Å². The van der Waals surface area contributed by atoms with Crippen LogP contribution in [0.25, 0.3) is 0 Å². The van der Waals surface area contributed by atoms with Gasteiger partial charge in [0.2, 0.25) is 0 Å². The molecule has 90 valence electrons. The maximum absolute atomic E-state index is 9.05. The second kappa shape index (κ2) is 5.68. The van der Waals surface area contributed by atoms with E-state index in [0.717, 1.165) is 24.9 Å². The molecular formula is C14H24N2. The van der Waals surface area contributed by atoms with E-state index in [2.05, 4.69) is 17.9 Å². The van der Waals surface area contributed by atoms with E-state index in [1.165, 1.54) is 45.1 Å². The van der Waals surface area contributed by atoms with E-state index >= 15 is 0 Å². The van der Waals surface area contributed by atoms with Crippen LogP contribution in [0.2, 0.25) is 0 Å². The first kappa shape index (κ1) is 11.9. The van der Waals surface area contributed by atoms with E-state index < -0.39 is 0 Å². The molecule has 0 radical (unpaired) electrons. The summed E-state index contributed by atoms with van der Waals surface area (Å²) in [6, 6.07) is 3.25. The van der Waals surface area contributed by atoms with Crippen LogP contribution in [0.5, 0.6) is 0 Å². The van der Waals surface area contributed by atoms with E-state index in [0.29, 0.717) is 5.92 Å². The molecule has 0 amide bonds. The Bertz CT molecular complexity index is 256. The second-order valence-electron chi connectivity index (χ2n) is 5.48. The molecule has 1 saturated heterocycles. The van der Waals surface area contributed by atoms with Gasteiger partial charge in [0, 0.05) is 12.6 Å². The van der Waals surface area contributed by atoms with E-state index in [1.54, 1.807) is 0 Å². The Morgan fingerprint density at radius 2 is 2.00 bits per heavy atom. The molecule has 0 aromatic carbocycles. The predicted molar refractivity (Wildman–Crippen MR) is 65.9 cm³/mol. The van der Waals surface area contributed by atoms with Crippen molar-refractivity contribution < 1.29 is 0 Å². The first-order valence-electron chi connectivity index (χ1n) is 6.98. The Hall–Kier alpha value is -0.550. The van der Waals surface area contributed by atoms with E-state index in [9.17, 15) is 0 Å². The van der Waals surface area contributed by atoms with Crippen molar-refractivity contribution in [2.75, 3.05) is 13.1 Å². The third-order valence-corrected chi connectivity index (χ3v) is 4.50. The third kappa shape index (κ3) is 2.58. The van der Waals surface area contributed by atoms with E-state index in [-0.39, 0.29) is 0 Å². The molecule has 16 heavy (non-hydrogen) atoms. The summed E-state index contributed by atoms with van der Waals surface area (Å²) in [6.07, 6.45) is 9.27. The average molecular weight is 220 g/mol. The van der Waals surface area contributed by atoms with Crippen molar-refractivity contribution in [3.63, 3.8) is 0 Å². The largest absolute Gasteiger partial charge is 0.299 e. The number of piperidine rings is 1.